The summed E-state index contributed by atoms with van der Waals surface area (Å²) >= 11 is 0. The number of carbonyl (C=O) groups is 1. The largest absolute Gasteiger partial charge is 0.375 e. The van der Waals surface area contributed by atoms with Gasteiger partial charge in [-0.2, -0.15) is 0 Å². The second-order valence-electron chi connectivity index (χ2n) is 3.89. The van der Waals surface area contributed by atoms with E-state index in [2.05, 4.69) is 6.92 Å². The maximum absolute atomic E-state index is 10.8. The van der Waals surface area contributed by atoms with Gasteiger partial charge < -0.3 is 14.3 Å². The van der Waals surface area contributed by atoms with E-state index in [-0.39, 0.29) is 6.10 Å². The molecule has 1 aliphatic rings. The van der Waals surface area contributed by atoms with Crippen molar-refractivity contribution in [2.45, 2.75) is 51.2 Å². The average molecular weight is 200 g/mol. The van der Waals surface area contributed by atoms with Crippen molar-refractivity contribution in [1.82, 2.24) is 0 Å². The Bertz CT molecular complexity index is 175. The molecule has 3 heteroatoms. The smallest absolute Gasteiger partial charge is 0.154 e. The molecule has 1 heterocycles. The van der Waals surface area contributed by atoms with Gasteiger partial charge in [0.25, 0.3) is 0 Å². The van der Waals surface area contributed by atoms with Gasteiger partial charge in [0, 0.05) is 13.0 Å². The Kier molecular flexibility index (Phi) is 4.55. The Morgan fingerprint density at radius 1 is 1.57 bits per heavy atom. The molecule has 14 heavy (non-hydrogen) atoms. The van der Waals surface area contributed by atoms with E-state index < -0.39 is 5.60 Å². The van der Waals surface area contributed by atoms with Gasteiger partial charge in [0.15, 0.2) is 11.9 Å². The molecule has 0 bridgehead atoms. The van der Waals surface area contributed by atoms with Crippen molar-refractivity contribution in [2.75, 3.05) is 13.2 Å². The second kappa shape index (κ2) is 5.47. The van der Waals surface area contributed by atoms with Crippen molar-refractivity contribution in [2.24, 2.45) is 0 Å². The van der Waals surface area contributed by atoms with Crippen LogP contribution in [-0.2, 0) is 14.3 Å². The molecule has 0 aliphatic carbocycles. The monoisotopic (exact) mass is 200 g/mol. The van der Waals surface area contributed by atoms with Crippen molar-refractivity contribution < 1.29 is 14.3 Å². The normalized spacial score (nSPS) is 28.1. The van der Waals surface area contributed by atoms with Crippen LogP contribution in [0.2, 0.25) is 0 Å². The first kappa shape index (κ1) is 11.7. The molecule has 1 rings (SSSR count). The van der Waals surface area contributed by atoms with Crippen LogP contribution in [0, 0.1) is 0 Å². The van der Waals surface area contributed by atoms with E-state index in [9.17, 15) is 4.79 Å². The number of rotatable bonds is 7. The summed E-state index contributed by atoms with van der Waals surface area (Å²) in [5.41, 5.74) is -0.633. The molecule has 0 amide bonds. The molecule has 0 aromatic rings. The number of hydrogen-bond acceptors (Lipinski definition) is 3. The van der Waals surface area contributed by atoms with E-state index in [0.29, 0.717) is 6.61 Å². The van der Waals surface area contributed by atoms with E-state index in [4.69, 9.17) is 9.47 Å². The SMILES string of the molecule is CCCCCOC(C)C1(C=O)CCO1. The predicted molar refractivity (Wildman–Crippen MR) is 54.3 cm³/mol. The standard InChI is InChI=1S/C11H20O3/c1-3-4-5-7-13-10(2)11(9-12)6-8-14-11/h9-10H,3-8H2,1-2H3. The molecule has 0 spiro atoms. The van der Waals surface area contributed by atoms with Crippen molar-refractivity contribution in [1.29, 1.82) is 0 Å². The Labute approximate surface area is 85.8 Å². The van der Waals surface area contributed by atoms with Gasteiger partial charge in [0.2, 0.25) is 0 Å². The van der Waals surface area contributed by atoms with Gasteiger partial charge >= 0.3 is 0 Å². The fourth-order valence-electron chi connectivity index (χ4n) is 1.60. The number of unbranched alkanes of at least 4 members (excludes halogenated alkanes) is 2. The van der Waals surface area contributed by atoms with Gasteiger partial charge in [-0.3, -0.25) is 0 Å². The molecule has 82 valence electrons. The molecular weight excluding hydrogens is 180 g/mol. The van der Waals surface area contributed by atoms with Crippen LogP contribution < -0.4 is 0 Å². The van der Waals surface area contributed by atoms with E-state index >= 15 is 0 Å². The molecule has 0 radical (unpaired) electrons. The number of aldehydes is 1. The highest BCUT2D eigenvalue weighted by molar-refractivity contribution is 5.65. The minimum atomic E-state index is -0.633. The van der Waals surface area contributed by atoms with Gasteiger partial charge in [-0.25, -0.2) is 0 Å². The zero-order chi connectivity index (χ0) is 10.4. The molecule has 3 nitrogen and oxygen atoms in total. The number of hydrogen-bond donors (Lipinski definition) is 0. The molecule has 2 atom stereocenters. The molecule has 1 saturated heterocycles. The van der Waals surface area contributed by atoms with Gasteiger partial charge in [-0.1, -0.05) is 19.8 Å². The summed E-state index contributed by atoms with van der Waals surface area (Å²) in [6.07, 6.45) is 5.02. The average Bonchev–Trinajstić information content (AvgIpc) is 2.12. The Morgan fingerprint density at radius 3 is 2.71 bits per heavy atom. The summed E-state index contributed by atoms with van der Waals surface area (Å²) in [5.74, 6) is 0. The van der Waals surface area contributed by atoms with Crippen LogP contribution in [0.4, 0.5) is 0 Å². The van der Waals surface area contributed by atoms with Gasteiger partial charge in [-0.15, -0.1) is 0 Å². The first-order valence-electron chi connectivity index (χ1n) is 5.47. The zero-order valence-electron chi connectivity index (χ0n) is 9.12. The van der Waals surface area contributed by atoms with E-state index in [1.165, 1.54) is 12.8 Å². The fraction of sp³-hybridized carbons (Fsp3) is 0.909. The lowest BCUT2D eigenvalue weighted by Gasteiger charge is -2.41. The molecule has 0 saturated carbocycles. The summed E-state index contributed by atoms with van der Waals surface area (Å²) in [4.78, 5) is 10.8. The van der Waals surface area contributed by atoms with Crippen molar-refractivity contribution in [3.63, 3.8) is 0 Å². The predicted octanol–water partition coefficient (Wildman–Crippen LogP) is 1.94. The molecule has 0 N–H and O–H groups in total. The van der Waals surface area contributed by atoms with Crippen molar-refractivity contribution in [3.8, 4) is 0 Å². The molecule has 1 aliphatic heterocycles. The topological polar surface area (TPSA) is 35.5 Å². The summed E-state index contributed by atoms with van der Waals surface area (Å²) < 4.78 is 10.9. The van der Waals surface area contributed by atoms with Gasteiger partial charge in [0.1, 0.15) is 0 Å². The Hall–Kier alpha value is -0.410. The Morgan fingerprint density at radius 2 is 2.29 bits per heavy atom. The highest BCUT2D eigenvalue weighted by Gasteiger charge is 2.44. The summed E-state index contributed by atoms with van der Waals surface area (Å²) in [6.45, 7) is 5.49. The van der Waals surface area contributed by atoms with Crippen LogP contribution >= 0.6 is 0 Å². The highest BCUT2D eigenvalue weighted by atomic mass is 16.6. The minimum Gasteiger partial charge on any atom is -0.375 e. The molecule has 2 unspecified atom stereocenters. The van der Waals surface area contributed by atoms with Crippen LogP contribution in [0.1, 0.15) is 39.5 Å². The van der Waals surface area contributed by atoms with E-state index in [0.717, 1.165) is 25.7 Å². The zero-order valence-corrected chi connectivity index (χ0v) is 9.12. The summed E-state index contributed by atoms with van der Waals surface area (Å²) in [6, 6.07) is 0. The van der Waals surface area contributed by atoms with Crippen molar-refractivity contribution in [3.05, 3.63) is 0 Å². The first-order chi connectivity index (χ1) is 6.75. The van der Waals surface area contributed by atoms with Crippen LogP contribution in [0.3, 0.4) is 0 Å². The highest BCUT2D eigenvalue weighted by Crippen LogP contribution is 2.29. The van der Waals surface area contributed by atoms with Gasteiger partial charge in [0.05, 0.1) is 12.7 Å². The molecule has 0 aromatic carbocycles. The van der Waals surface area contributed by atoms with Crippen molar-refractivity contribution >= 4 is 6.29 Å². The maximum Gasteiger partial charge on any atom is 0.154 e. The lowest BCUT2D eigenvalue weighted by Crippen LogP contribution is -2.54. The van der Waals surface area contributed by atoms with Crippen LogP contribution in [0.15, 0.2) is 0 Å². The molecular formula is C11H20O3. The summed E-state index contributed by atoms with van der Waals surface area (Å²) in [5, 5.41) is 0. The quantitative estimate of drug-likeness (QED) is 0.465. The number of carbonyl (C=O) groups excluding carboxylic acids is 1. The third-order valence-electron chi connectivity index (χ3n) is 2.87. The lowest BCUT2D eigenvalue weighted by atomic mass is 9.91. The fourth-order valence-corrected chi connectivity index (χ4v) is 1.60. The van der Waals surface area contributed by atoms with Gasteiger partial charge in [-0.05, 0) is 13.3 Å². The minimum absolute atomic E-state index is 0.106. The summed E-state index contributed by atoms with van der Waals surface area (Å²) in [7, 11) is 0. The van der Waals surface area contributed by atoms with E-state index in [1.807, 2.05) is 6.92 Å². The second-order valence-corrected chi connectivity index (χ2v) is 3.89. The van der Waals surface area contributed by atoms with Crippen LogP contribution in [0.5, 0.6) is 0 Å². The lowest BCUT2D eigenvalue weighted by molar-refractivity contribution is -0.201. The molecule has 0 aromatic heterocycles. The third kappa shape index (κ3) is 2.55. The first-order valence-corrected chi connectivity index (χ1v) is 5.47. The number of ether oxygens (including phenoxy) is 2. The van der Waals surface area contributed by atoms with E-state index in [1.54, 1.807) is 0 Å². The maximum atomic E-state index is 10.8. The third-order valence-corrected chi connectivity index (χ3v) is 2.87. The van der Waals surface area contributed by atoms with Crippen LogP contribution in [0.25, 0.3) is 0 Å². The Balaban J connectivity index is 2.19. The molecule has 1 fully saturated rings. The van der Waals surface area contributed by atoms with Crippen LogP contribution in [-0.4, -0.2) is 31.2 Å².